The first kappa shape index (κ1) is 10.1. The van der Waals surface area contributed by atoms with E-state index in [1.807, 2.05) is 30.3 Å². The summed E-state index contributed by atoms with van der Waals surface area (Å²) in [5.74, 6) is 4.76. The molecule has 14 heavy (non-hydrogen) atoms. The van der Waals surface area contributed by atoms with Crippen molar-refractivity contribution in [3.8, 4) is 11.8 Å². The number of rotatable bonds is 3. The van der Waals surface area contributed by atoms with E-state index in [2.05, 4.69) is 17.2 Å². The molecule has 1 N–H and O–H groups in total. The van der Waals surface area contributed by atoms with Gasteiger partial charge in [-0.2, -0.15) is 0 Å². The van der Waals surface area contributed by atoms with Gasteiger partial charge >= 0.3 is 0 Å². The van der Waals surface area contributed by atoms with Gasteiger partial charge in [-0.3, -0.25) is 4.79 Å². The lowest BCUT2D eigenvalue weighted by Crippen LogP contribution is -1.90. The third kappa shape index (κ3) is 3.59. The zero-order valence-electron chi connectivity index (χ0n) is 7.95. The Balaban J connectivity index is 2.48. The van der Waals surface area contributed by atoms with Gasteiger partial charge in [0.05, 0.1) is 0 Å². The topological polar surface area (TPSA) is 29.1 Å². The fourth-order valence-electron chi connectivity index (χ4n) is 0.913. The maximum absolute atomic E-state index is 10.9. The molecule has 0 saturated heterocycles. The van der Waals surface area contributed by atoms with E-state index in [9.17, 15) is 4.79 Å². The summed E-state index contributed by atoms with van der Waals surface area (Å²) in [5, 5.41) is 2.96. The summed E-state index contributed by atoms with van der Waals surface area (Å²) in [4.78, 5) is 10.9. The molecule has 0 unspecified atom stereocenters. The number of anilines is 1. The predicted octanol–water partition coefficient (Wildman–Crippen LogP) is 2.20. The lowest BCUT2D eigenvalue weighted by molar-refractivity contribution is -0.109. The van der Waals surface area contributed by atoms with Crippen molar-refractivity contribution in [2.75, 3.05) is 5.32 Å². The molecule has 2 nitrogen and oxygen atoms in total. The number of nitrogens with one attached hydrogen (secondary N) is 1. The van der Waals surface area contributed by atoms with Gasteiger partial charge in [0, 0.05) is 18.0 Å². The number of ketones is 1. The van der Waals surface area contributed by atoms with Crippen LogP contribution in [0.25, 0.3) is 0 Å². The Kier molecular flexibility index (Phi) is 4.03. The summed E-state index contributed by atoms with van der Waals surface area (Å²) in [6.07, 6.45) is 2.99. The minimum Gasteiger partial charge on any atom is -0.362 e. The van der Waals surface area contributed by atoms with E-state index in [4.69, 9.17) is 0 Å². The molecule has 0 aromatic heterocycles. The largest absolute Gasteiger partial charge is 0.362 e. The normalized spacial score (nSPS) is 9.21. The second kappa shape index (κ2) is 5.60. The summed E-state index contributed by atoms with van der Waals surface area (Å²) in [5.41, 5.74) is 0.945. The molecule has 1 aromatic rings. The molecule has 0 fully saturated rings. The molecule has 0 saturated carbocycles. The number of allylic oxidation sites excluding steroid dienone is 1. The molecule has 0 aliphatic carbocycles. The molecule has 0 aliphatic rings. The maximum Gasteiger partial charge on any atom is 0.230 e. The molecule has 0 atom stereocenters. The number of carbonyl (C=O) groups is 1. The van der Waals surface area contributed by atoms with Crippen LogP contribution in [0, 0.1) is 11.8 Å². The van der Waals surface area contributed by atoms with E-state index >= 15 is 0 Å². The van der Waals surface area contributed by atoms with Gasteiger partial charge in [0.25, 0.3) is 0 Å². The predicted molar refractivity (Wildman–Crippen MR) is 57.7 cm³/mol. The first-order valence-electron chi connectivity index (χ1n) is 4.28. The van der Waals surface area contributed by atoms with E-state index in [0.29, 0.717) is 0 Å². The molecular weight excluding hydrogens is 174 g/mol. The van der Waals surface area contributed by atoms with Crippen LogP contribution in [-0.2, 0) is 4.79 Å². The Hall–Kier alpha value is -2.01. The third-order valence-corrected chi connectivity index (χ3v) is 1.51. The van der Waals surface area contributed by atoms with E-state index in [1.165, 1.54) is 6.08 Å². The van der Waals surface area contributed by atoms with Crippen molar-refractivity contribution in [3.05, 3.63) is 42.6 Å². The van der Waals surface area contributed by atoms with E-state index in [-0.39, 0.29) is 5.78 Å². The molecule has 2 heteroatoms. The van der Waals surface area contributed by atoms with E-state index in [0.717, 1.165) is 5.69 Å². The third-order valence-electron chi connectivity index (χ3n) is 1.51. The summed E-state index contributed by atoms with van der Waals surface area (Å²) in [7, 11) is 0. The molecule has 0 radical (unpaired) electrons. The summed E-state index contributed by atoms with van der Waals surface area (Å²) in [6.45, 7) is 1.64. The van der Waals surface area contributed by atoms with Gasteiger partial charge < -0.3 is 5.32 Å². The average molecular weight is 185 g/mol. The van der Waals surface area contributed by atoms with Gasteiger partial charge in [0.1, 0.15) is 0 Å². The Labute approximate surface area is 83.6 Å². The van der Waals surface area contributed by atoms with Gasteiger partial charge in [-0.05, 0) is 25.0 Å². The highest BCUT2D eigenvalue weighted by atomic mass is 16.1. The highest BCUT2D eigenvalue weighted by Gasteiger charge is 1.87. The average Bonchev–Trinajstić information content (AvgIpc) is 2.20. The quantitative estimate of drug-likeness (QED) is 0.444. The monoisotopic (exact) mass is 185 g/mol. The lowest BCUT2D eigenvalue weighted by Gasteiger charge is -1.97. The fourth-order valence-corrected chi connectivity index (χ4v) is 0.913. The van der Waals surface area contributed by atoms with Gasteiger partial charge in [0.15, 0.2) is 0 Å². The highest BCUT2D eigenvalue weighted by Crippen LogP contribution is 2.03. The van der Waals surface area contributed by atoms with Crippen molar-refractivity contribution in [3.63, 3.8) is 0 Å². The first-order chi connectivity index (χ1) is 6.83. The fraction of sp³-hybridized carbons (Fsp3) is 0.0833. The van der Waals surface area contributed by atoms with Crippen LogP contribution in [-0.4, -0.2) is 5.78 Å². The summed E-state index contributed by atoms with van der Waals surface area (Å²) < 4.78 is 0. The molecule has 0 bridgehead atoms. The first-order valence-corrected chi connectivity index (χ1v) is 4.28. The zero-order chi connectivity index (χ0) is 10.2. The lowest BCUT2D eigenvalue weighted by atomic mass is 10.3. The maximum atomic E-state index is 10.9. The van der Waals surface area contributed by atoms with Crippen molar-refractivity contribution < 1.29 is 4.79 Å². The molecule has 0 amide bonds. The van der Waals surface area contributed by atoms with E-state index < -0.39 is 0 Å². The van der Waals surface area contributed by atoms with Gasteiger partial charge in [0.2, 0.25) is 5.78 Å². The minimum atomic E-state index is -0.198. The van der Waals surface area contributed by atoms with Crippen LogP contribution in [0.5, 0.6) is 0 Å². The Bertz CT molecular complexity index is 382. The second-order valence-electron chi connectivity index (χ2n) is 2.58. The zero-order valence-corrected chi connectivity index (χ0v) is 7.95. The van der Waals surface area contributed by atoms with Crippen molar-refractivity contribution in [1.29, 1.82) is 0 Å². The van der Waals surface area contributed by atoms with E-state index in [1.54, 1.807) is 13.1 Å². The SMILES string of the molecule is CC#CC(=O)/C=C/Nc1ccccc1. The number of para-hydroxylation sites is 1. The number of carbonyl (C=O) groups excluding carboxylic acids is 1. The van der Waals surface area contributed by atoms with Gasteiger partial charge in [-0.1, -0.05) is 24.1 Å². The van der Waals surface area contributed by atoms with Crippen LogP contribution >= 0.6 is 0 Å². The van der Waals surface area contributed by atoms with Gasteiger partial charge in [-0.15, -0.1) is 0 Å². The number of hydrogen-bond donors (Lipinski definition) is 1. The van der Waals surface area contributed by atoms with Gasteiger partial charge in [-0.25, -0.2) is 0 Å². The Morgan fingerprint density at radius 3 is 2.71 bits per heavy atom. The smallest absolute Gasteiger partial charge is 0.230 e. The number of hydrogen-bond acceptors (Lipinski definition) is 2. The Morgan fingerprint density at radius 2 is 2.07 bits per heavy atom. The van der Waals surface area contributed by atoms with Crippen LogP contribution < -0.4 is 5.32 Å². The van der Waals surface area contributed by atoms with Crippen LogP contribution in [0.2, 0.25) is 0 Å². The van der Waals surface area contributed by atoms with Crippen LogP contribution in [0.3, 0.4) is 0 Å². The van der Waals surface area contributed by atoms with Crippen LogP contribution in [0.15, 0.2) is 42.6 Å². The molecule has 70 valence electrons. The Morgan fingerprint density at radius 1 is 1.36 bits per heavy atom. The summed E-state index contributed by atoms with van der Waals surface area (Å²) in [6, 6.07) is 9.61. The molecule has 1 aromatic carbocycles. The van der Waals surface area contributed by atoms with Crippen molar-refractivity contribution in [1.82, 2.24) is 0 Å². The van der Waals surface area contributed by atoms with Crippen LogP contribution in [0.1, 0.15) is 6.92 Å². The molecule has 0 spiro atoms. The molecular formula is C12H11NO. The van der Waals surface area contributed by atoms with Crippen LogP contribution in [0.4, 0.5) is 5.69 Å². The molecule has 0 heterocycles. The summed E-state index contributed by atoms with van der Waals surface area (Å²) >= 11 is 0. The van der Waals surface area contributed by atoms with Crippen molar-refractivity contribution in [2.24, 2.45) is 0 Å². The molecule has 1 rings (SSSR count). The second-order valence-corrected chi connectivity index (χ2v) is 2.58. The molecule has 0 aliphatic heterocycles. The van der Waals surface area contributed by atoms with Crippen molar-refractivity contribution >= 4 is 11.5 Å². The highest BCUT2D eigenvalue weighted by molar-refractivity contribution is 6.04. The van der Waals surface area contributed by atoms with Crippen molar-refractivity contribution in [2.45, 2.75) is 6.92 Å². The minimum absolute atomic E-state index is 0.198. The number of benzene rings is 1. The standard InChI is InChI=1S/C12H11NO/c1-2-6-12(14)9-10-13-11-7-4-3-5-8-11/h3-5,7-10,13H,1H3/b10-9+.